The van der Waals surface area contributed by atoms with Crippen molar-refractivity contribution in [2.45, 2.75) is 26.2 Å². The third kappa shape index (κ3) is 3.97. The zero-order chi connectivity index (χ0) is 28.8. The van der Waals surface area contributed by atoms with E-state index in [9.17, 15) is 26.3 Å². The van der Waals surface area contributed by atoms with E-state index in [1.54, 1.807) is 26.0 Å². The van der Waals surface area contributed by atoms with E-state index in [0.717, 1.165) is 54.6 Å². The van der Waals surface area contributed by atoms with Crippen LogP contribution in [0.1, 0.15) is 44.5 Å². The summed E-state index contributed by atoms with van der Waals surface area (Å²) >= 11 is 1.43. The van der Waals surface area contributed by atoms with E-state index in [0.29, 0.717) is 33.4 Å². The smallest absolute Gasteiger partial charge is 0.166 e. The Morgan fingerprint density at radius 2 is 0.854 bits per heavy atom. The summed E-state index contributed by atoms with van der Waals surface area (Å²) in [7, 11) is 0. The highest BCUT2D eigenvalue weighted by Crippen LogP contribution is 2.47. The van der Waals surface area contributed by atoms with Gasteiger partial charge < -0.3 is 0 Å². The number of aryl methyl sites for hydroxylation is 2. The van der Waals surface area contributed by atoms with Crippen molar-refractivity contribution in [3.63, 3.8) is 0 Å². The first-order chi connectivity index (χ1) is 19.4. The highest BCUT2D eigenvalue weighted by Gasteiger charge is 2.36. The van der Waals surface area contributed by atoms with Crippen LogP contribution in [-0.2, 0) is 12.4 Å². The van der Waals surface area contributed by atoms with Crippen LogP contribution in [-0.4, -0.2) is 0 Å². The Labute approximate surface area is 235 Å². The summed E-state index contributed by atoms with van der Waals surface area (Å²) in [6.07, 6.45) is -9.00. The Hall–Kier alpha value is -4.10. The Morgan fingerprint density at radius 1 is 0.488 bits per heavy atom. The summed E-state index contributed by atoms with van der Waals surface area (Å²) in [6, 6.07) is 23.5. The number of hydrogen-bond acceptors (Lipinski definition) is 1. The van der Waals surface area contributed by atoms with Gasteiger partial charge in [0, 0.05) is 31.3 Å². The van der Waals surface area contributed by atoms with Crippen molar-refractivity contribution in [2.24, 2.45) is 0 Å². The molecule has 0 spiro atoms. The van der Waals surface area contributed by atoms with E-state index in [4.69, 9.17) is 0 Å². The van der Waals surface area contributed by atoms with Gasteiger partial charge in [-0.25, -0.2) is 0 Å². The van der Waals surface area contributed by atoms with Crippen molar-refractivity contribution < 1.29 is 26.3 Å². The third-order valence-electron chi connectivity index (χ3n) is 7.68. The van der Waals surface area contributed by atoms with Crippen LogP contribution in [0.25, 0.3) is 33.4 Å². The lowest BCUT2D eigenvalue weighted by Crippen LogP contribution is -2.09. The van der Waals surface area contributed by atoms with Gasteiger partial charge in [0.05, 0.1) is 11.1 Å². The van der Waals surface area contributed by atoms with Gasteiger partial charge in [0.1, 0.15) is 0 Å². The van der Waals surface area contributed by atoms with Crippen LogP contribution < -0.4 is 9.06 Å². The number of benzene rings is 4. The van der Waals surface area contributed by atoms with Crippen LogP contribution in [0, 0.1) is 13.8 Å². The average Bonchev–Trinajstić information content (AvgIpc) is 3.52. The van der Waals surface area contributed by atoms with Crippen molar-refractivity contribution in [3.8, 4) is 22.3 Å². The Bertz CT molecular complexity index is 1890. The van der Waals surface area contributed by atoms with E-state index in [-0.39, 0.29) is 0 Å². The average molecular weight is 575 g/mol. The van der Waals surface area contributed by atoms with Crippen molar-refractivity contribution in [3.05, 3.63) is 139 Å². The number of hydrogen-bond donors (Lipinski definition) is 0. The van der Waals surface area contributed by atoms with Crippen LogP contribution in [0.5, 0.6) is 0 Å². The topological polar surface area (TPSA) is 0 Å². The quantitative estimate of drug-likeness (QED) is 0.181. The Morgan fingerprint density at radius 3 is 1.22 bits per heavy atom. The first kappa shape index (κ1) is 25.8. The van der Waals surface area contributed by atoms with E-state index in [1.165, 1.54) is 23.5 Å². The van der Waals surface area contributed by atoms with Gasteiger partial charge in [-0.3, -0.25) is 0 Å². The van der Waals surface area contributed by atoms with Crippen molar-refractivity contribution in [1.29, 1.82) is 0 Å². The lowest BCUT2D eigenvalue weighted by atomic mass is 9.93. The van der Waals surface area contributed by atoms with Crippen molar-refractivity contribution >= 4 is 22.5 Å². The summed E-state index contributed by atoms with van der Waals surface area (Å²) in [5, 5.41) is 0. The normalized spacial score (nSPS) is 13.8. The van der Waals surface area contributed by atoms with Gasteiger partial charge in [-0.05, 0) is 82.6 Å². The molecule has 7 heteroatoms. The molecule has 7 rings (SSSR count). The molecule has 0 nitrogen and oxygen atoms in total. The van der Waals surface area contributed by atoms with Gasteiger partial charge in [-0.15, -0.1) is 11.3 Å². The van der Waals surface area contributed by atoms with Gasteiger partial charge in [0.15, 0.2) is 0 Å². The van der Waals surface area contributed by atoms with Crippen LogP contribution in [0.4, 0.5) is 26.3 Å². The number of rotatable bonds is 2. The summed E-state index contributed by atoms with van der Waals surface area (Å²) < 4.78 is 84.6. The lowest BCUT2D eigenvalue weighted by Gasteiger charge is -2.13. The fourth-order valence-corrected chi connectivity index (χ4v) is 7.63. The molecule has 1 aromatic heterocycles. The predicted octanol–water partition coefficient (Wildman–Crippen LogP) is 8.86. The zero-order valence-electron chi connectivity index (χ0n) is 21.8. The molecule has 0 atom stereocenters. The second kappa shape index (κ2) is 8.70. The second-order valence-corrected chi connectivity index (χ2v) is 11.5. The fourth-order valence-electron chi connectivity index (χ4n) is 6.14. The summed E-state index contributed by atoms with van der Waals surface area (Å²) in [4.78, 5) is 0. The molecule has 0 unspecified atom stereocenters. The molecule has 0 saturated heterocycles. The monoisotopic (exact) mass is 574 g/mol. The lowest BCUT2D eigenvalue weighted by molar-refractivity contribution is -0.138. The standard InChI is InChI=1S/C34H20F6S/c1-17-11-19(15-21(13-17)33(35,36)37)27-23-7-3-5-9-25(23)29-30-26-10-6-4-8-24(26)28(32(30)41-31(27)29)20-12-18(2)14-22(16-20)34(38,39)40/h3-16H,1-2H3. The molecular formula is C34H20F6S. The molecule has 0 saturated carbocycles. The predicted molar refractivity (Wildman–Crippen MR) is 150 cm³/mol. The van der Waals surface area contributed by atoms with Gasteiger partial charge in [-0.2, -0.15) is 26.3 Å². The zero-order valence-corrected chi connectivity index (χ0v) is 22.6. The van der Waals surface area contributed by atoms with Gasteiger partial charge in [-0.1, -0.05) is 60.7 Å². The molecule has 1 heterocycles. The molecule has 204 valence electrons. The van der Waals surface area contributed by atoms with Crippen molar-refractivity contribution in [2.75, 3.05) is 0 Å². The third-order valence-corrected chi connectivity index (χ3v) is 8.91. The minimum Gasteiger partial charge on any atom is -0.166 e. The van der Waals surface area contributed by atoms with Gasteiger partial charge >= 0.3 is 12.4 Å². The van der Waals surface area contributed by atoms with E-state index >= 15 is 0 Å². The molecule has 4 aromatic carbocycles. The molecule has 0 fully saturated rings. The summed E-state index contributed by atoms with van der Waals surface area (Å²) in [5.74, 6) is 0. The second-order valence-electron chi connectivity index (χ2n) is 10.5. The maximum Gasteiger partial charge on any atom is 0.416 e. The number of alkyl halides is 6. The van der Waals surface area contributed by atoms with Gasteiger partial charge in [0.2, 0.25) is 0 Å². The van der Waals surface area contributed by atoms with Crippen LogP contribution in [0.15, 0.2) is 84.9 Å². The molecule has 0 N–H and O–H groups in total. The molecule has 2 aliphatic carbocycles. The Balaban J connectivity index is 1.62. The molecule has 41 heavy (non-hydrogen) atoms. The molecule has 0 amide bonds. The summed E-state index contributed by atoms with van der Waals surface area (Å²) in [5.41, 5.74) is 7.23. The SMILES string of the molecule is Cc1cc(C2=c3sc4c(c3-c3ccccc32)-c2ccccc2C=4c2cc(C)cc(C(F)(F)F)c2)cc(C(F)(F)F)c1. The van der Waals surface area contributed by atoms with E-state index in [2.05, 4.69) is 0 Å². The van der Waals surface area contributed by atoms with Crippen LogP contribution in [0.2, 0.25) is 0 Å². The van der Waals surface area contributed by atoms with Crippen LogP contribution in [0.3, 0.4) is 0 Å². The molecule has 5 aromatic rings. The number of fused-ring (bicyclic) bond motifs is 7. The van der Waals surface area contributed by atoms with E-state index in [1.807, 2.05) is 48.5 Å². The number of halogens is 6. The summed E-state index contributed by atoms with van der Waals surface area (Å²) in [6.45, 7) is 3.29. The highest BCUT2D eigenvalue weighted by molar-refractivity contribution is 7.09. The Kier molecular flexibility index (Phi) is 5.48. The molecule has 0 bridgehead atoms. The minimum atomic E-state index is -4.50. The molecule has 0 radical (unpaired) electrons. The molecular weight excluding hydrogens is 554 g/mol. The van der Waals surface area contributed by atoms with Crippen LogP contribution >= 0.6 is 11.3 Å². The fraction of sp³-hybridized carbons (Fsp3) is 0.118. The van der Waals surface area contributed by atoms with Gasteiger partial charge in [0.25, 0.3) is 0 Å². The maximum absolute atomic E-state index is 13.8. The minimum absolute atomic E-state index is 0.466. The van der Waals surface area contributed by atoms with Crippen molar-refractivity contribution in [1.82, 2.24) is 0 Å². The van der Waals surface area contributed by atoms with E-state index < -0.39 is 23.5 Å². The molecule has 2 aliphatic rings. The number of thiophene rings is 1. The maximum atomic E-state index is 13.8. The highest BCUT2D eigenvalue weighted by atomic mass is 32.1. The first-order valence-electron chi connectivity index (χ1n) is 12.9. The largest absolute Gasteiger partial charge is 0.416 e. The molecule has 0 aliphatic heterocycles. The first-order valence-corrected chi connectivity index (χ1v) is 13.7.